The number of hydrogen-bond acceptors (Lipinski definition) is 5. The zero-order valence-corrected chi connectivity index (χ0v) is 17.1. The summed E-state index contributed by atoms with van der Waals surface area (Å²) < 4.78 is 17.4. The summed E-state index contributed by atoms with van der Waals surface area (Å²) in [6, 6.07) is 11.2. The summed E-state index contributed by atoms with van der Waals surface area (Å²) in [6.07, 6.45) is 3.32. The summed E-state index contributed by atoms with van der Waals surface area (Å²) in [6.45, 7) is 6.01. The van der Waals surface area contributed by atoms with Crippen LogP contribution in [0.25, 0.3) is 6.08 Å². The zero-order valence-electron chi connectivity index (χ0n) is 15.0. The number of aliphatic imine (C=N–C) groups is 1. The molecule has 0 atom stereocenters. The third-order valence-corrected chi connectivity index (χ3v) is 5.08. The summed E-state index contributed by atoms with van der Waals surface area (Å²) in [7, 11) is 1.56. The fourth-order valence-corrected chi connectivity index (χ4v) is 2.85. The van der Waals surface area contributed by atoms with Crippen molar-refractivity contribution in [3.63, 3.8) is 0 Å². The Morgan fingerprint density at radius 3 is 2.74 bits per heavy atom. The fourth-order valence-electron chi connectivity index (χ4n) is 2.51. The Morgan fingerprint density at radius 2 is 2.04 bits per heavy atom. The van der Waals surface area contributed by atoms with Crippen LogP contribution in [-0.4, -0.2) is 25.6 Å². The number of carbonyl (C=O) groups is 1. The molecule has 0 fully saturated rings. The van der Waals surface area contributed by atoms with Crippen LogP contribution < -0.4 is 9.47 Å². The van der Waals surface area contributed by atoms with E-state index in [-0.39, 0.29) is 5.70 Å². The molecule has 0 saturated carbocycles. The highest BCUT2D eigenvalue weighted by Crippen LogP contribution is 2.30. The molecule has 0 unspecified atom stereocenters. The van der Waals surface area contributed by atoms with Gasteiger partial charge in [0.2, 0.25) is 5.90 Å². The minimum atomic E-state index is -0.479. The number of esters is 1. The van der Waals surface area contributed by atoms with E-state index in [0.29, 0.717) is 24.0 Å². The van der Waals surface area contributed by atoms with Gasteiger partial charge >= 0.3 is 5.97 Å². The molecular weight excluding hydrogens is 457 g/mol. The van der Waals surface area contributed by atoms with E-state index in [0.717, 1.165) is 20.3 Å². The van der Waals surface area contributed by atoms with Crippen LogP contribution in [-0.2, 0) is 9.53 Å². The van der Waals surface area contributed by atoms with Crippen molar-refractivity contribution in [2.24, 2.45) is 4.99 Å². The third kappa shape index (κ3) is 4.39. The molecule has 0 amide bonds. The van der Waals surface area contributed by atoms with Crippen LogP contribution in [0.15, 0.2) is 59.7 Å². The molecule has 0 radical (unpaired) electrons. The van der Waals surface area contributed by atoms with Crippen molar-refractivity contribution in [3.05, 3.63) is 75.0 Å². The first kappa shape index (κ1) is 19.2. The van der Waals surface area contributed by atoms with Crippen LogP contribution >= 0.6 is 22.6 Å². The molecule has 0 spiro atoms. The highest BCUT2D eigenvalue weighted by atomic mass is 127. The van der Waals surface area contributed by atoms with Gasteiger partial charge in [-0.25, -0.2) is 9.79 Å². The number of nitrogens with zero attached hydrogens (tertiary/aromatic N) is 1. The molecule has 1 aliphatic rings. The molecule has 1 heterocycles. The average Bonchev–Trinajstić information content (AvgIpc) is 3.03. The second-order valence-corrected chi connectivity index (χ2v) is 6.97. The lowest BCUT2D eigenvalue weighted by Crippen LogP contribution is -2.05. The summed E-state index contributed by atoms with van der Waals surface area (Å²) in [5.41, 5.74) is 2.87. The van der Waals surface area contributed by atoms with E-state index in [1.165, 1.54) is 0 Å². The van der Waals surface area contributed by atoms with Crippen molar-refractivity contribution in [3.8, 4) is 11.5 Å². The van der Waals surface area contributed by atoms with Crippen molar-refractivity contribution in [1.29, 1.82) is 0 Å². The molecule has 138 valence electrons. The topological polar surface area (TPSA) is 57.1 Å². The van der Waals surface area contributed by atoms with Crippen LogP contribution in [0.2, 0.25) is 0 Å². The molecule has 0 N–H and O–H groups in total. The molecule has 27 heavy (non-hydrogen) atoms. The van der Waals surface area contributed by atoms with Gasteiger partial charge in [0.25, 0.3) is 0 Å². The van der Waals surface area contributed by atoms with Gasteiger partial charge in [0.05, 0.1) is 7.11 Å². The minimum Gasteiger partial charge on any atom is -0.493 e. The number of aryl methyl sites for hydroxylation is 1. The Bertz CT molecular complexity index is 963. The predicted molar refractivity (Wildman–Crippen MR) is 113 cm³/mol. The summed E-state index contributed by atoms with van der Waals surface area (Å²) in [5.74, 6) is 0.998. The number of rotatable bonds is 6. The number of cyclic esters (lactones) is 1. The van der Waals surface area contributed by atoms with Crippen LogP contribution in [0.4, 0.5) is 0 Å². The standard InChI is InChI=1S/C21H18INO4/c1-4-9-26-18-8-5-14(12-19(18)25-3)11-17-21(24)27-20(23-17)15-6-7-16(22)13(2)10-15/h4-8,10-12H,1,9H2,2-3H3/b17-11-. The molecule has 0 aliphatic carbocycles. The molecular formula is C21H18INO4. The van der Waals surface area contributed by atoms with Gasteiger partial charge in [0.1, 0.15) is 6.61 Å². The number of carbonyl (C=O) groups excluding carboxylic acids is 1. The summed E-state index contributed by atoms with van der Waals surface area (Å²) in [5, 5.41) is 0. The van der Waals surface area contributed by atoms with Gasteiger partial charge in [-0.3, -0.25) is 0 Å². The number of hydrogen-bond donors (Lipinski definition) is 0. The lowest BCUT2D eigenvalue weighted by atomic mass is 10.1. The van der Waals surface area contributed by atoms with E-state index in [2.05, 4.69) is 34.2 Å². The van der Waals surface area contributed by atoms with E-state index in [1.807, 2.05) is 31.2 Å². The van der Waals surface area contributed by atoms with Crippen molar-refractivity contribution in [2.75, 3.05) is 13.7 Å². The Balaban J connectivity index is 1.89. The van der Waals surface area contributed by atoms with Crippen molar-refractivity contribution >= 4 is 40.5 Å². The number of halogens is 1. The first-order valence-corrected chi connectivity index (χ1v) is 9.30. The number of methoxy groups -OCH3 is 1. The van der Waals surface area contributed by atoms with E-state index in [4.69, 9.17) is 14.2 Å². The second-order valence-electron chi connectivity index (χ2n) is 5.81. The Morgan fingerprint density at radius 1 is 1.22 bits per heavy atom. The van der Waals surface area contributed by atoms with E-state index in [9.17, 15) is 4.79 Å². The molecule has 0 aromatic heterocycles. The zero-order chi connectivity index (χ0) is 19.4. The molecule has 5 nitrogen and oxygen atoms in total. The highest BCUT2D eigenvalue weighted by molar-refractivity contribution is 14.1. The minimum absolute atomic E-state index is 0.239. The van der Waals surface area contributed by atoms with Crippen LogP contribution in [0.3, 0.4) is 0 Å². The maximum absolute atomic E-state index is 12.2. The third-order valence-electron chi connectivity index (χ3n) is 3.87. The van der Waals surface area contributed by atoms with Gasteiger partial charge in [-0.1, -0.05) is 18.7 Å². The smallest absolute Gasteiger partial charge is 0.363 e. The van der Waals surface area contributed by atoms with Crippen LogP contribution in [0.1, 0.15) is 16.7 Å². The van der Waals surface area contributed by atoms with E-state index >= 15 is 0 Å². The quantitative estimate of drug-likeness (QED) is 0.267. The maximum atomic E-state index is 12.2. The van der Waals surface area contributed by atoms with Gasteiger partial charge < -0.3 is 14.2 Å². The van der Waals surface area contributed by atoms with Gasteiger partial charge in [-0.15, -0.1) is 0 Å². The van der Waals surface area contributed by atoms with Crippen LogP contribution in [0.5, 0.6) is 11.5 Å². The van der Waals surface area contributed by atoms with Crippen molar-refractivity contribution < 1.29 is 19.0 Å². The molecule has 3 rings (SSSR count). The first-order chi connectivity index (χ1) is 13.0. The first-order valence-electron chi connectivity index (χ1n) is 8.22. The average molecular weight is 475 g/mol. The van der Waals surface area contributed by atoms with Crippen LogP contribution in [0, 0.1) is 10.5 Å². The lowest BCUT2D eigenvalue weighted by Gasteiger charge is -2.09. The van der Waals surface area contributed by atoms with Crippen molar-refractivity contribution in [2.45, 2.75) is 6.92 Å². The van der Waals surface area contributed by atoms with Gasteiger partial charge in [-0.05, 0) is 77.0 Å². The predicted octanol–water partition coefficient (Wildman–Crippen LogP) is 4.52. The van der Waals surface area contributed by atoms with Crippen molar-refractivity contribution in [1.82, 2.24) is 0 Å². The van der Waals surface area contributed by atoms with Gasteiger partial charge in [0, 0.05) is 9.13 Å². The summed E-state index contributed by atoms with van der Waals surface area (Å²) in [4.78, 5) is 16.6. The molecule has 6 heteroatoms. The van der Waals surface area contributed by atoms with Gasteiger partial charge in [-0.2, -0.15) is 0 Å². The molecule has 0 saturated heterocycles. The molecule has 1 aliphatic heterocycles. The molecule has 2 aromatic rings. The van der Waals surface area contributed by atoms with Gasteiger partial charge in [0.15, 0.2) is 17.2 Å². The monoisotopic (exact) mass is 475 g/mol. The van der Waals surface area contributed by atoms with E-state index < -0.39 is 5.97 Å². The largest absolute Gasteiger partial charge is 0.493 e. The Kier molecular flexibility index (Phi) is 5.95. The molecule has 0 bridgehead atoms. The number of ether oxygens (including phenoxy) is 3. The normalized spacial score (nSPS) is 14.7. The fraction of sp³-hybridized carbons (Fsp3) is 0.143. The van der Waals surface area contributed by atoms with E-state index in [1.54, 1.807) is 31.4 Å². The highest BCUT2D eigenvalue weighted by Gasteiger charge is 2.24. The summed E-state index contributed by atoms with van der Waals surface area (Å²) >= 11 is 2.26. The second kappa shape index (κ2) is 8.39. The Labute approximate surface area is 171 Å². The Hall–Kier alpha value is -2.61. The maximum Gasteiger partial charge on any atom is 0.363 e. The molecule has 2 aromatic carbocycles. The SMILES string of the molecule is C=CCOc1ccc(/C=C2\N=C(c3ccc(I)c(C)c3)OC2=O)cc1OC. The lowest BCUT2D eigenvalue weighted by molar-refractivity contribution is -0.129. The number of benzene rings is 2.